The van der Waals surface area contributed by atoms with Gasteiger partial charge in [0.15, 0.2) is 0 Å². The molecule has 2 aliphatic carbocycles. The Labute approximate surface area is 233 Å². The van der Waals surface area contributed by atoms with Crippen LogP contribution in [0, 0.1) is 17.8 Å². The van der Waals surface area contributed by atoms with E-state index in [0.29, 0.717) is 12.7 Å². The van der Waals surface area contributed by atoms with Crippen molar-refractivity contribution in [1.29, 1.82) is 0 Å². The van der Waals surface area contributed by atoms with Gasteiger partial charge in [0.2, 0.25) is 11.8 Å². The Morgan fingerprint density at radius 3 is 2.59 bits per heavy atom. The number of nitrogens with zero attached hydrogens (tertiary/aromatic N) is 1. The molecule has 3 fully saturated rings. The van der Waals surface area contributed by atoms with Crippen LogP contribution in [0.1, 0.15) is 96.5 Å². The van der Waals surface area contributed by atoms with Gasteiger partial charge in [-0.05, 0) is 80.5 Å². The lowest BCUT2D eigenvalue weighted by Crippen LogP contribution is -2.46. The molecule has 2 amide bonds. The van der Waals surface area contributed by atoms with E-state index in [-0.39, 0.29) is 47.5 Å². The maximum Gasteiger partial charge on any atom is 0.455 e. The summed E-state index contributed by atoms with van der Waals surface area (Å²) in [6.07, 6.45) is 13.5. The van der Waals surface area contributed by atoms with Gasteiger partial charge in [-0.2, -0.15) is 0 Å². The molecule has 6 nitrogen and oxygen atoms in total. The van der Waals surface area contributed by atoms with Gasteiger partial charge in [-0.15, -0.1) is 0 Å². The third-order valence-corrected chi connectivity index (χ3v) is 9.37. The van der Waals surface area contributed by atoms with Crippen LogP contribution in [0.25, 0.3) is 6.08 Å². The minimum atomic E-state index is -0.929. The van der Waals surface area contributed by atoms with Crippen molar-refractivity contribution in [3.05, 3.63) is 46.5 Å². The predicted octanol–water partition coefficient (Wildman–Crippen LogP) is 6.29. The number of hydrogen-bond donors (Lipinski definition) is 2. The summed E-state index contributed by atoms with van der Waals surface area (Å²) in [6.45, 7) is 4.33. The van der Waals surface area contributed by atoms with Crippen LogP contribution in [0.5, 0.6) is 5.75 Å². The Hall–Kier alpha value is -2.38. The standard InChI is InChI=1S/C32H44BNO5/c1-3-9-21(17-22-11-8-14-25(35)18-22)15-16-28-29-23(10-4-2)19-26-30(27(29)20-33(38)39-28)32(37)34(31(26)36)24-12-6-5-7-13-24/h8,11,14,17-18,24,26-28,30,35,38H,3-7,9-10,12-13,15-16,19-20H2,1-2H3/b21-17+/t26-,27+,28-,30-/m1/s1. The molecule has 0 aromatic heterocycles. The highest BCUT2D eigenvalue weighted by Crippen LogP contribution is 2.52. The van der Waals surface area contributed by atoms with Crippen LogP contribution in [-0.2, 0) is 14.2 Å². The first-order valence-electron chi connectivity index (χ1n) is 15.3. The molecule has 2 saturated heterocycles. The molecular formula is C32H44BNO5. The molecule has 0 spiro atoms. The molecule has 0 bridgehead atoms. The summed E-state index contributed by atoms with van der Waals surface area (Å²) in [6, 6.07) is 7.35. The molecule has 4 aliphatic rings. The van der Waals surface area contributed by atoms with Crippen LogP contribution in [0.15, 0.2) is 41.0 Å². The van der Waals surface area contributed by atoms with Crippen LogP contribution < -0.4 is 0 Å². The van der Waals surface area contributed by atoms with E-state index >= 15 is 0 Å². The molecule has 1 aromatic carbocycles. The largest absolute Gasteiger partial charge is 0.508 e. The average molecular weight is 534 g/mol. The van der Waals surface area contributed by atoms with Gasteiger partial charge in [0.25, 0.3) is 0 Å². The van der Waals surface area contributed by atoms with Gasteiger partial charge in [0.05, 0.1) is 17.9 Å². The number of aromatic hydroxyl groups is 1. The second-order valence-electron chi connectivity index (χ2n) is 12.1. The Bertz CT molecular complexity index is 1120. The van der Waals surface area contributed by atoms with Gasteiger partial charge in [-0.3, -0.25) is 14.5 Å². The SMILES string of the molecule is CCCC1=C2[C@@H](CC/C(=C/c3cccc(O)c3)CCC)OB(O)C[C@@H]2[C@@H]2C(=O)N(C3CCCCC3)C(=O)[C@@H]2C1. The number of fused-ring (bicyclic) bond motifs is 3. The number of allylic oxidation sites excluding steroid dienone is 2. The van der Waals surface area contributed by atoms with Crippen molar-refractivity contribution in [3.63, 3.8) is 0 Å². The van der Waals surface area contributed by atoms with E-state index in [0.717, 1.165) is 69.8 Å². The van der Waals surface area contributed by atoms with Gasteiger partial charge >= 0.3 is 7.12 Å². The second-order valence-corrected chi connectivity index (χ2v) is 12.1. The van der Waals surface area contributed by atoms with Crippen molar-refractivity contribution < 1.29 is 24.4 Å². The highest BCUT2D eigenvalue weighted by atomic mass is 16.5. The van der Waals surface area contributed by atoms with E-state index in [1.54, 1.807) is 17.0 Å². The number of rotatable bonds is 9. The summed E-state index contributed by atoms with van der Waals surface area (Å²) in [5.74, 6) is -0.505. The number of imide groups is 1. The average Bonchev–Trinajstić information content (AvgIpc) is 3.17. The van der Waals surface area contributed by atoms with Crippen molar-refractivity contribution in [2.45, 2.75) is 109 Å². The maximum absolute atomic E-state index is 13.9. The summed E-state index contributed by atoms with van der Waals surface area (Å²) in [4.78, 5) is 29.2. The van der Waals surface area contributed by atoms with Crippen molar-refractivity contribution in [3.8, 4) is 5.75 Å². The smallest absolute Gasteiger partial charge is 0.455 e. The molecule has 7 heteroatoms. The number of phenolic OH excluding ortho intramolecular Hbond substituents is 1. The first kappa shape index (κ1) is 28.2. The first-order valence-corrected chi connectivity index (χ1v) is 15.3. The number of carbonyl (C=O) groups excluding carboxylic acids is 2. The summed E-state index contributed by atoms with van der Waals surface area (Å²) in [7, 11) is -0.929. The minimum absolute atomic E-state index is 0.00162. The van der Waals surface area contributed by atoms with Crippen LogP contribution >= 0.6 is 0 Å². The van der Waals surface area contributed by atoms with E-state index in [1.165, 1.54) is 23.1 Å². The molecule has 2 N–H and O–H groups in total. The highest BCUT2D eigenvalue weighted by Gasteiger charge is 2.58. The maximum atomic E-state index is 13.9. The zero-order chi connectivity index (χ0) is 27.5. The summed E-state index contributed by atoms with van der Waals surface area (Å²) >= 11 is 0. The number of benzene rings is 1. The van der Waals surface area contributed by atoms with Crippen molar-refractivity contribution >= 4 is 25.0 Å². The molecular weight excluding hydrogens is 489 g/mol. The topological polar surface area (TPSA) is 87.1 Å². The zero-order valence-corrected chi connectivity index (χ0v) is 23.6. The molecule has 2 aliphatic heterocycles. The molecule has 2 heterocycles. The van der Waals surface area contributed by atoms with E-state index in [2.05, 4.69) is 19.9 Å². The fourth-order valence-corrected chi connectivity index (χ4v) is 7.78. The van der Waals surface area contributed by atoms with Crippen LogP contribution in [-0.4, -0.2) is 46.1 Å². The predicted molar refractivity (Wildman–Crippen MR) is 154 cm³/mol. The fourth-order valence-electron chi connectivity index (χ4n) is 7.78. The highest BCUT2D eigenvalue weighted by molar-refractivity contribution is 6.43. The summed E-state index contributed by atoms with van der Waals surface area (Å²) in [5, 5.41) is 20.8. The molecule has 0 radical (unpaired) electrons. The lowest BCUT2D eigenvalue weighted by atomic mass is 9.58. The molecule has 1 saturated carbocycles. The van der Waals surface area contributed by atoms with E-state index < -0.39 is 7.12 Å². The molecule has 5 rings (SSSR count). The van der Waals surface area contributed by atoms with E-state index in [1.807, 2.05) is 12.1 Å². The Kier molecular flexibility index (Phi) is 8.97. The van der Waals surface area contributed by atoms with Crippen LogP contribution in [0.4, 0.5) is 0 Å². The molecule has 4 atom stereocenters. The lowest BCUT2D eigenvalue weighted by molar-refractivity contribution is -0.143. The number of amides is 2. The van der Waals surface area contributed by atoms with Gasteiger partial charge in [-0.25, -0.2) is 0 Å². The van der Waals surface area contributed by atoms with Crippen LogP contribution in [0.2, 0.25) is 6.32 Å². The van der Waals surface area contributed by atoms with E-state index in [9.17, 15) is 19.7 Å². The van der Waals surface area contributed by atoms with Crippen molar-refractivity contribution in [1.82, 2.24) is 4.90 Å². The molecule has 0 unspecified atom stereocenters. The fraction of sp³-hybridized carbons (Fsp3) is 0.625. The number of hydrogen-bond acceptors (Lipinski definition) is 5. The van der Waals surface area contributed by atoms with Gasteiger partial charge in [-0.1, -0.05) is 75.3 Å². The van der Waals surface area contributed by atoms with Gasteiger partial charge < -0.3 is 14.8 Å². The number of phenols is 1. The zero-order valence-electron chi connectivity index (χ0n) is 23.6. The van der Waals surface area contributed by atoms with Crippen LogP contribution in [0.3, 0.4) is 0 Å². The first-order chi connectivity index (χ1) is 18.9. The monoisotopic (exact) mass is 533 g/mol. The molecule has 1 aromatic rings. The Balaban J connectivity index is 1.41. The quantitative estimate of drug-likeness (QED) is 0.222. The number of likely N-dealkylation sites (tertiary alicyclic amines) is 1. The Morgan fingerprint density at radius 2 is 1.87 bits per heavy atom. The third-order valence-electron chi connectivity index (χ3n) is 9.37. The third kappa shape index (κ3) is 5.90. The summed E-state index contributed by atoms with van der Waals surface area (Å²) in [5.41, 5.74) is 4.74. The molecule has 39 heavy (non-hydrogen) atoms. The molecule has 210 valence electrons. The summed E-state index contributed by atoms with van der Waals surface area (Å²) < 4.78 is 6.20. The minimum Gasteiger partial charge on any atom is -0.508 e. The van der Waals surface area contributed by atoms with Gasteiger partial charge in [0, 0.05) is 6.04 Å². The lowest BCUT2D eigenvalue weighted by Gasteiger charge is -2.43. The number of carbonyl (C=O) groups is 2. The second kappa shape index (κ2) is 12.4. The van der Waals surface area contributed by atoms with Crippen molar-refractivity contribution in [2.75, 3.05) is 0 Å². The van der Waals surface area contributed by atoms with Gasteiger partial charge in [0.1, 0.15) is 5.75 Å². The normalized spacial score (nSPS) is 28.2. The van der Waals surface area contributed by atoms with Crippen molar-refractivity contribution in [2.24, 2.45) is 17.8 Å². The Morgan fingerprint density at radius 1 is 1.08 bits per heavy atom. The van der Waals surface area contributed by atoms with E-state index in [4.69, 9.17) is 4.65 Å².